The molecule has 0 saturated carbocycles. The number of hydrogen-bond acceptors (Lipinski definition) is 4. The molecule has 0 unspecified atom stereocenters. The Hall–Kier alpha value is -4.88. The van der Waals surface area contributed by atoms with Gasteiger partial charge in [0, 0.05) is 22.5 Å². The number of nitrogens with one attached hydrogen (secondary N) is 1. The van der Waals surface area contributed by atoms with E-state index in [1.807, 2.05) is 37.3 Å². The Morgan fingerprint density at radius 1 is 0.921 bits per heavy atom. The van der Waals surface area contributed by atoms with Gasteiger partial charge in [0.25, 0.3) is 5.91 Å². The first-order valence-corrected chi connectivity index (χ1v) is 12.1. The number of hydrazone groups is 1. The number of aromatic nitrogens is 1. The lowest BCUT2D eigenvalue weighted by Crippen LogP contribution is -2.17. The highest BCUT2D eigenvalue weighted by Crippen LogP contribution is 2.28. The van der Waals surface area contributed by atoms with Gasteiger partial charge in [-0.25, -0.2) is 10.2 Å². The van der Waals surface area contributed by atoms with Gasteiger partial charge in [0.1, 0.15) is 11.5 Å². The second kappa shape index (κ2) is 10.6. The fourth-order valence-corrected chi connectivity index (χ4v) is 4.31. The molecule has 2 N–H and O–H groups in total. The average molecular weight is 524 g/mol. The van der Waals surface area contributed by atoms with Crippen LogP contribution in [-0.4, -0.2) is 27.8 Å². The van der Waals surface area contributed by atoms with E-state index < -0.39 is 5.97 Å². The summed E-state index contributed by atoms with van der Waals surface area (Å²) in [6, 6.07) is 29.5. The van der Waals surface area contributed by atoms with E-state index in [0.29, 0.717) is 22.6 Å². The van der Waals surface area contributed by atoms with E-state index in [4.69, 9.17) is 16.0 Å². The van der Waals surface area contributed by atoms with Crippen molar-refractivity contribution in [1.29, 1.82) is 0 Å². The van der Waals surface area contributed by atoms with Gasteiger partial charge in [-0.15, -0.1) is 0 Å². The van der Waals surface area contributed by atoms with E-state index >= 15 is 0 Å². The van der Waals surface area contributed by atoms with Crippen LogP contribution in [-0.2, 0) is 0 Å². The number of rotatable bonds is 7. The van der Waals surface area contributed by atoms with Gasteiger partial charge < -0.3 is 14.1 Å². The number of benzene rings is 3. The molecule has 0 aliphatic rings. The molecule has 0 bridgehead atoms. The van der Waals surface area contributed by atoms with Gasteiger partial charge in [0.15, 0.2) is 0 Å². The number of aryl methyl sites for hydroxylation is 1. The summed E-state index contributed by atoms with van der Waals surface area (Å²) in [6.45, 7) is 2.04. The van der Waals surface area contributed by atoms with Crippen molar-refractivity contribution in [2.75, 3.05) is 0 Å². The SMILES string of the molecule is Cc1ccc(-c2ccccc2)n1-c1ccc(C(=O)N/N=C\c2ccc(-c3ccc(Cl)c(C(=O)O)c3)o2)cc1. The number of nitrogens with zero attached hydrogens (tertiary/aromatic N) is 2. The second-order valence-electron chi connectivity index (χ2n) is 8.51. The molecule has 5 rings (SSSR count). The van der Waals surface area contributed by atoms with Crippen molar-refractivity contribution >= 4 is 29.7 Å². The third kappa shape index (κ3) is 5.14. The normalized spacial score (nSPS) is 11.1. The second-order valence-corrected chi connectivity index (χ2v) is 8.92. The molecule has 1 amide bonds. The van der Waals surface area contributed by atoms with Crippen LogP contribution < -0.4 is 5.43 Å². The van der Waals surface area contributed by atoms with Crippen LogP contribution in [0.1, 0.15) is 32.2 Å². The maximum atomic E-state index is 12.6. The summed E-state index contributed by atoms with van der Waals surface area (Å²) in [5.41, 5.74) is 7.71. The Morgan fingerprint density at radius 3 is 2.42 bits per heavy atom. The lowest BCUT2D eigenvalue weighted by atomic mass is 10.1. The largest absolute Gasteiger partial charge is 0.478 e. The van der Waals surface area contributed by atoms with Gasteiger partial charge in [-0.2, -0.15) is 5.10 Å². The smallest absolute Gasteiger partial charge is 0.337 e. The third-order valence-corrected chi connectivity index (χ3v) is 6.33. The molecule has 0 atom stereocenters. The molecule has 8 heteroatoms. The molecule has 0 fully saturated rings. The fraction of sp³-hybridized carbons (Fsp3) is 0.0333. The summed E-state index contributed by atoms with van der Waals surface area (Å²) >= 11 is 5.93. The molecule has 7 nitrogen and oxygen atoms in total. The van der Waals surface area contributed by atoms with Gasteiger partial charge in [0.05, 0.1) is 22.5 Å². The summed E-state index contributed by atoms with van der Waals surface area (Å²) < 4.78 is 7.85. The van der Waals surface area contributed by atoms with E-state index in [2.05, 4.69) is 39.4 Å². The number of carbonyl (C=O) groups is 2. The minimum absolute atomic E-state index is 0.0164. The average Bonchev–Trinajstić information content (AvgIpc) is 3.56. The van der Waals surface area contributed by atoms with Crippen LogP contribution in [0.4, 0.5) is 0 Å². The summed E-state index contributed by atoms with van der Waals surface area (Å²) in [4.78, 5) is 23.9. The molecule has 0 spiro atoms. The van der Waals surface area contributed by atoms with E-state index in [-0.39, 0.29) is 16.5 Å². The molecule has 2 aromatic heterocycles. The summed E-state index contributed by atoms with van der Waals surface area (Å²) in [5, 5.41) is 13.4. The first-order chi connectivity index (χ1) is 18.4. The van der Waals surface area contributed by atoms with Crippen LogP contribution in [0.25, 0.3) is 28.3 Å². The Kier molecular flexibility index (Phi) is 6.93. The van der Waals surface area contributed by atoms with Crippen molar-refractivity contribution in [2.24, 2.45) is 5.10 Å². The van der Waals surface area contributed by atoms with Crippen molar-refractivity contribution in [3.63, 3.8) is 0 Å². The number of furan rings is 1. The molecule has 2 heterocycles. The summed E-state index contributed by atoms with van der Waals surface area (Å²) in [6.07, 6.45) is 1.37. The monoisotopic (exact) mass is 523 g/mol. The molecule has 5 aromatic rings. The molecule has 3 aromatic carbocycles. The molecular weight excluding hydrogens is 502 g/mol. The van der Waals surface area contributed by atoms with E-state index in [9.17, 15) is 14.7 Å². The van der Waals surface area contributed by atoms with Gasteiger partial charge >= 0.3 is 5.97 Å². The molecule has 0 saturated heterocycles. The number of halogens is 1. The van der Waals surface area contributed by atoms with Crippen molar-refractivity contribution in [3.8, 4) is 28.3 Å². The minimum Gasteiger partial charge on any atom is -0.478 e. The zero-order valence-electron chi connectivity index (χ0n) is 20.3. The predicted octanol–water partition coefficient (Wildman–Crippen LogP) is 6.83. The summed E-state index contributed by atoms with van der Waals surface area (Å²) in [5.74, 6) is -0.654. The first-order valence-electron chi connectivity index (χ1n) is 11.7. The first kappa shape index (κ1) is 24.8. The highest BCUT2D eigenvalue weighted by atomic mass is 35.5. The van der Waals surface area contributed by atoms with Crippen molar-refractivity contribution in [2.45, 2.75) is 6.92 Å². The summed E-state index contributed by atoms with van der Waals surface area (Å²) in [7, 11) is 0. The molecular formula is C30H22ClN3O4. The predicted molar refractivity (Wildman–Crippen MR) is 147 cm³/mol. The van der Waals surface area contributed by atoms with E-state index in [0.717, 1.165) is 22.6 Å². The van der Waals surface area contributed by atoms with Crippen molar-refractivity contribution in [3.05, 3.63) is 125 Å². The molecule has 0 radical (unpaired) electrons. The van der Waals surface area contributed by atoms with Crippen molar-refractivity contribution < 1.29 is 19.1 Å². The lowest BCUT2D eigenvalue weighted by Gasteiger charge is -2.12. The Bertz CT molecular complexity index is 1650. The maximum absolute atomic E-state index is 12.6. The minimum atomic E-state index is -1.12. The van der Waals surface area contributed by atoms with Gasteiger partial charge in [-0.3, -0.25) is 4.79 Å². The standard InChI is InChI=1S/C30H22ClN3O4/c1-19-7-15-27(20-5-3-2-4-6-20)34(19)23-11-8-21(9-12-23)29(35)33-32-18-24-13-16-28(38-24)22-10-14-26(31)25(17-22)30(36)37/h2-18H,1H3,(H,33,35)(H,36,37)/b32-18-. The third-order valence-electron chi connectivity index (χ3n) is 6.00. The quantitative estimate of drug-likeness (QED) is 0.180. The topological polar surface area (TPSA) is 96.8 Å². The number of carbonyl (C=O) groups excluding carboxylic acids is 1. The lowest BCUT2D eigenvalue weighted by molar-refractivity contribution is 0.0697. The van der Waals surface area contributed by atoms with Crippen LogP contribution in [0.2, 0.25) is 5.02 Å². The van der Waals surface area contributed by atoms with Crippen LogP contribution in [0.15, 0.2) is 107 Å². The zero-order valence-corrected chi connectivity index (χ0v) is 21.0. The fourth-order valence-electron chi connectivity index (χ4n) is 4.12. The number of carboxylic acid groups (broad SMARTS) is 1. The number of hydrogen-bond donors (Lipinski definition) is 2. The Balaban J connectivity index is 1.26. The van der Waals surface area contributed by atoms with Crippen molar-refractivity contribution in [1.82, 2.24) is 9.99 Å². The Labute approximate surface area is 223 Å². The molecule has 38 heavy (non-hydrogen) atoms. The number of amides is 1. The highest BCUT2D eigenvalue weighted by molar-refractivity contribution is 6.33. The van der Waals surface area contributed by atoms with Gasteiger partial charge in [-0.1, -0.05) is 41.9 Å². The molecule has 188 valence electrons. The number of aromatic carboxylic acids is 1. The number of carboxylic acids is 1. The van der Waals surface area contributed by atoms with Crippen LogP contribution in [0, 0.1) is 6.92 Å². The molecule has 0 aliphatic heterocycles. The van der Waals surface area contributed by atoms with Crippen LogP contribution in [0.5, 0.6) is 0 Å². The van der Waals surface area contributed by atoms with E-state index in [1.165, 1.54) is 18.3 Å². The van der Waals surface area contributed by atoms with E-state index in [1.54, 1.807) is 30.3 Å². The van der Waals surface area contributed by atoms with Gasteiger partial charge in [0.2, 0.25) is 0 Å². The zero-order chi connectivity index (χ0) is 26.6. The highest BCUT2D eigenvalue weighted by Gasteiger charge is 2.13. The maximum Gasteiger partial charge on any atom is 0.337 e. The molecule has 0 aliphatic carbocycles. The van der Waals surface area contributed by atoms with Gasteiger partial charge in [-0.05, 0) is 79.2 Å². The van der Waals surface area contributed by atoms with Crippen LogP contribution >= 0.6 is 11.6 Å². The van der Waals surface area contributed by atoms with Crippen LogP contribution in [0.3, 0.4) is 0 Å². The Morgan fingerprint density at radius 2 is 1.68 bits per heavy atom.